The van der Waals surface area contributed by atoms with Crippen LogP contribution >= 0.6 is 0 Å². The predicted molar refractivity (Wildman–Crippen MR) is 67.5 cm³/mol. The van der Waals surface area contributed by atoms with Crippen molar-refractivity contribution >= 4 is 0 Å². The van der Waals surface area contributed by atoms with Crippen LogP contribution in [0.1, 0.15) is 32.6 Å². The first-order valence-electron chi connectivity index (χ1n) is 5.81. The highest BCUT2D eigenvalue weighted by Gasteiger charge is 2.17. The molecule has 3 heteroatoms. The summed E-state index contributed by atoms with van der Waals surface area (Å²) in [4.78, 5) is 2.18. The zero-order valence-corrected chi connectivity index (χ0v) is 11.1. The van der Waals surface area contributed by atoms with Gasteiger partial charge in [0.15, 0.2) is 0 Å². The van der Waals surface area contributed by atoms with Gasteiger partial charge in [0.1, 0.15) is 5.76 Å². The van der Waals surface area contributed by atoms with Gasteiger partial charge in [0.25, 0.3) is 0 Å². The Morgan fingerprint density at radius 1 is 1.38 bits per heavy atom. The number of furan rings is 1. The SMILES string of the molecule is CN(C)C(CNCC(C)(C)C)c1ccco1. The van der Waals surface area contributed by atoms with E-state index >= 15 is 0 Å². The number of hydrogen-bond acceptors (Lipinski definition) is 3. The first-order valence-corrected chi connectivity index (χ1v) is 5.81. The third kappa shape index (κ3) is 4.37. The van der Waals surface area contributed by atoms with Crippen molar-refractivity contribution in [1.82, 2.24) is 10.2 Å². The molecule has 0 amide bonds. The van der Waals surface area contributed by atoms with E-state index < -0.39 is 0 Å². The van der Waals surface area contributed by atoms with Crippen LogP contribution in [0.3, 0.4) is 0 Å². The van der Waals surface area contributed by atoms with Crippen LogP contribution in [-0.2, 0) is 0 Å². The molecule has 1 aromatic heterocycles. The molecule has 0 bridgehead atoms. The summed E-state index contributed by atoms with van der Waals surface area (Å²) in [5.41, 5.74) is 0.319. The van der Waals surface area contributed by atoms with Crippen molar-refractivity contribution in [3.8, 4) is 0 Å². The molecule has 16 heavy (non-hydrogen) atoms. The van der Waals surface area contributed by atoms with Crippen LogP contribution in [0.25, 0.3) is 0 Å². The average Bonchev–Trinajstić information content (AvgIpc) is 2.62. The molecule has 1 heterocycles. The van der Waals surface area contributed by atoms with Gasteiger partial charge in [0.05, 0.1) is 12.3 Å². The lowest BCUT2D eigenvalue weighted by Gasteiger charge is -2.25. The van der Waals surface area contributed by atoms with Crippen LogP contribution < -0.4 is 5.32 Å². The van der Waals surface area contributed by atoms with Crippen LogP contribution in [0, 0.1) is 5.41 Å². The predicted octanol–water partition coefficient (Wildman–Crippen LogP) is 2.52. The first-order chi connectivity index (χ1) is 7.40. The minimum absolute atomic E-state index is 0.303. The van der Waals surface area contributed by atoms with Crippen molar-refractivity contribution < 1.29 is 4.42 Å². The molecule has 0 aliphatic heterocycles. The summed E-state index contributed by atoms with van der Waals surface area (Å²) in [6.45, 7) is 8.63. The Labute approximate surface area is 98.8 Å². The number of hydrogen-bond donors (Lipinski definition) is 1. The molecule has 3 nitrogen and oxygen atoms in total. The molecule has 0 fully saturated rings. The first kappa shape index (κ1) is 13.3. The molecule has 0 aromatic carbocycles. The Balaban J connectivity index is 2.48. The van der Waals surface area contributed by atoms with Gasteiger partial charge in [0.2, 0.25) is 0 Å². The monoisotopic (exact) mass is 224 g/mol. The van der Waals surface area contributed by atoms with Crippen LogP contribution in [-0.4, -0.2) is 32.1 Å². The Hall–Kier alpha value is -0.800. The summed E-state index contributed by atoms with van der Waals surface area (Å²) in [6.07, 6.45) is 1.73. The second-order valence-electron chi connectivity index (χ2n) is 5.69. The lowest BCUT2D eigenvalue weighted by molar-refractivity contribution is 0.241. The third-order valence-corrected chi connectivity index (χ3v) is 2.49. The van der Waals surface area contributed by atoms with Gasteiger partial charge in [-0.3, -0.25) is 4.90 Å². The topological polar surface area (TPSA) is 28.4 Å². The number of nitrogens with one attached hydrogen (secondary N) is 1. The fraction of sp³-hybridized carbons (Fsp3) is 0.692. The van der Waals surface area contributed by atoms with E-state index in [9.17, 15) is 0 Å². The maximum Gasteiger partial charge on any atom is 0.122 e. The number of likely N-dealkylation sites (N-methyl/N-ethyl adjacent to an activating group) is 1. The van der Waals surface area contributed by atoms with Gasteiger partial charge in [-0.25, -0.2) is 0 Å². The fourth-order valence-electron chi connectivity index (χ4n) is 1.60. The lowest BCUT2D eigenvalue weighted by Crippen LogP contribution is -2.35. The zero-order chi connectivity index (χ0) is 12.2. The van der Waals surface area contributed by atoms with E-state index in [2.05, 4.69) is 45.1 Å². The van der Waals surface area contributed by atoms with Gasteiger partial charge < -0.3 is 9.73 Å². The van der Waals surface area contributed by atoms with Gasteiger partial charge >= 0.3 is 0 Å². The highest BCUT2D eigenvalue weighted by atomic mass is 16.3. The molecule has 0 saturated carbocycles. The molecule has 1 rings (SSSR count). The minimum atomic E-state index is 0.303. The molecule has 0 aliphatic rings. The van der Waals surface area contributed by atoms with Crippen molar-refractivity contribution in [1.29, 1.82) is 0 Å². The Morgan fingerprint density at radius 2 is 2.06 bits per heavy atom. The van der Waals surface area contributed by atoms with Gasteiger partial charge in [-0.1, -0.05) is 20.8 Å². The van der Waals surface area contributed by atoms with E-state index in [4.69, 9.17) is 4.42 Å². The Bertz CT molecular complexity index is 285. The van der Waals surface area contributed by atoms with E-state index in [-0.39, 0.29) is 0 Å². The van der Waals surface area contributed by atoms with E-state index in [1.165, 1.54) is 0 Å². The van der Waals surface area contributed by atoms with Crippen molar-refractivity contribution in [3.05, 3.63) is 24.2 Å². The second-order valence-corrected chi connectivity index (χ2v) is 5.69. The van der Waals surface area contributed by atoms with E-state index in [1.54, 1.807) is 6.26 Å². The second kappa shape index (κ2) is 5.51. The molecular formula is C13H24N2O. The van der Waals surface area contributed by atoms with E-state index in [0.717, 1.165) is 18.8 Å². The fourth-order valence-corrected chi connectivity index (χ4v) is 1.60. The lowest BCUT2D eigenvalue weighted by atomic mass is 9.97. The Kier molecular flexibility index (Phi) is 4.56. The quantitative estimate of drug-likeness (QED) is 0.833. The molecular weight excluding hydrogens is 200 g/mol. The smallest absolute Gasteiger partial charge is 0.122 e. The zero-order valence-electron chi connectivity index (χ0n) is 11.1. The molecule has 1 N–H and O–H groups in total. The number of rotatable bonds is 5. The molecule has 1 atom stereocenters. The van der Waals surface area contributed by atoms with E-state index in [1.807, 2.05) is 12.1 Å². The van der Waals surface area contributed by atoms with Crippen LogP contribution in [0.15, 0.2) is 22.8 Å². The summed E-state index contributed by atoms with van der Waals surface area (Å²) >= 11 is 0. The normalized spacial score (nSPS) is 14.4. The van der Waals surface area contributed by atoms with Gasteiger partial charge in [-0.05, 0) is 31.6 Å². The number of nitrogens with zero attached hydrogens (tertiary/aromatic N) is 1. The van der Waals surface area contributed by atoms with Gasteiger partial charge in [-0.2, -0.15) is 0 Å². The highest BCUT2D eigenvalue weighted by molar-refractivity contribution is 5.05. The summed E-state index contributed by atoms with van der Waals surface area (Å²) < 4.78 is 5.46. The summed E-state index contributed by atoms with van der Waals surface area (Å²) in [5.74, 6) is 1.02. The molecule has 1 aromatic rings. The molecule has 92 valence electrons. The standard InChI is InChI=1S/C13H24N2O/c1-13(2,3)10-14-9-11(15(4)5)12-7-6-8-16-12/h6-8,11,14H,9-10H2,1-5H3. The molecule has 1 unspecified atom stereocenters. The van der Waals surface area contributed by atoms with Crippen LogP contribution in [0.5, 0.6) is 0 Å². The van der Waals surface area contributed by atoms with Crippen molar-refractivity contribution in [2.75, 3.05) is 27.2 Å². The maximum atomic E-state index is 5.46. The highest BCUT2D eigenvalue weighted by Crippen LogP contribution is 2.18. The molecule has 0 aliphatic carbocycles. The maximum absolute atomic E-state index is 5.46. The van der Waals surface area contributed by atoms with Crippen LogP contribution in [0.2, 0.25) is 0 Å². The van der Waals surface area contributed by atoms with Crippen LogP contribution in [0.4, 0.5) is 0 Å². The van der Waals surface area contributed by atoms with Crippen molar-refractivity contribution in [3.63, 3.8) is 0 Å². The van der Waals surface area contributed by atoms with Gasteiger partial charge in [0, 0.05) is 13.1 Å². The molecule has 0 spiro atoms. The Morgan fingerprint density at radius 3 is 2.50 bits per heavy atom. The third-order valence-electron chi connectivity index (χ3n) is 2.49. The van der Waals surface area contributed by atoms with Gasteiger partial charge in [-0.15, -0.1) is 0 Å². The minimum Gasteiger partial charge on any atom is -0.468 e. The summed E-state index contributed by atoms with van der Waals surface area (Å²) in [6, 6.07) is 4.27. The average molecular weight is 224 g/mol. The molecule has 0 saturated heterocycles. The van der Waals surface area contributed by atoms with Crippen molar-refractivity contribution in [2.24, 2.45) is 5.41 Å². The largest absolute Gasteiger partial charge is 0.468 e. The summed E-state index contributed by atoms with van der Waals surface area (Å²) in [5, 5.41) is 3.49. The summed E-state index contributed by atoms with van der Waals surface area (Å²) in [7, 11) is 4.15. The van der Waals surface area contributed by atoms with E-state index in [0.29, 0.717) is 11.5 Å². The van der Waals surface area contributed by atoms with Crippen molar-refractivity contribution in [2.45, 2.75) is 26.8 Å². The molecule has 0 radical (unpaired) electrons.